The second-order valence-corrected chi connectivity index (χ2v) is 22.7. The van der Waals surface area contributed by atoms with E-state index >= 15 is 4.79 Å². The Morgan fingerprint density at radius 2 is 1.71 bits per heavy atom. The number of benzene rings is 4. The minimum atomic E-state index is -2.52. The maximum atomic E-state index is 15.5. The second-order valence-electron chi connectivity index (χ2n) is 17.1. The normalized spacial score (nSPS) is 24.8. The van der Waals surface area contributed by atoms with Gasteiger partial charge in [0.25, 0.3) is 5.91 Å². The second kappa shape index (κ2) is 16.4. The fraction of sp³-hybridized carbons (Fsp3) is 0.426. The zero-order valence-corrected chi connectivity index (χ0v) is 36.5. The van der Waals surface area contributed by atoms with Gasteiger partial charge in [-0.15, -0.1) is 0 Å². The summed E-state index contributed by atoms with van der Waals surface area (Å²) in [5, 5.41) is 11.7. The molecule has 2 saturated heterocycles. The van der Waals surface area contributed by atoms with Crippen LogP contribution in [0, 0.1) is 5.92 Å². The van der Waals surface area contributed by atoms with Crippen LogP contribution in [0.5, 0.6) is 5.75 Å². The van der Waals surface area contributed by atoms with Crippen LogP contribution in [-0.2, 0) is 44.2 Å². The van der Waals surface area contributed by atoms with Gasteiger partial charge in [0.2, 0.25) is 11.8 Å². The summed E-state index contributed by atoms with van der Waals surface area (Å²) in [4.78, 5) is 48.9. The number of anilines is 2. The molecule has 4 heterocycles. The van der Waals surface area contributed by atoms with Crippen molar-refractivity contribution < 1.29 is 29.0 Å². The van der Waals surface area contributed by atoms with Crippen LogP contribution in [0.3, 0.4) is 0 Å². The average molecular weight is 865 g/mol. The van der Waals surface area contributed by atoms with Gasteiger partial charge in [0.05, 0.1) is 52.6 Å². The molecule has 0 saturated carbocycles. The molecule has 0 unspecified atom stereocenters. The first-order chi connectivity index (χ1) is 28.0. The van der Waals surface area contributed by atoms with Crippen LogP contribution in [0.1, 0.15) is 67.7 Å². The molecular weight excluding hydrogens is 811 g/mol. The highest BCUT2D eigenvalue weighted by Gasteiger charge is 2.66. The molecule has 0 bridgehead atoms. The Kier molecular flexibility index (Phi) is 11.4. The van der Waals surface area contributed by atoms with E-state index in [1.807, 2.05) is 81.4 Å². The summed E-state index contributed by atoms with van der Waals surface area (Å²) >= 11 is 3.72. The molecule has 304 valence electrons. The van der Waals surface area contributed by atoms with Crippen LogP contribution in [0.4, 0.5) is 11.4 Å². The Morgan fingerprint density at radius 1 is 0.948 bits per heavy atom. The van der Waals surface area contributed by atoms with E-state index in [0.29, 0.717) is 32.5 Å². The van der Waals surface area contributed by atoms with Gasteiger partial charge in [0, 0.05) is 41.2 Å². The average Bonchev–Trinajstić information content (AvgIpc) is 3.64. The first-order valence-corrected chi connectivity index (χ1v) is 24.6. The monoisotopic (exact) mass is 863 g/mol. The van der Waals surface area contributed by atoms with Crippen LogP contribution in [0.15, 0.2) is 95.5 Å². The Balaban J connectivity index is 1.17. The van der Waals surface area contributed by atoms with E-state index in [0.717, 1.165) is 69.5 Å². The summed E-state index contributed by atoms with van der Waals surface area (Å²) in [6.07, 6.45) is 4.71. The number of hydrogen-bond donors (Lipinski definition) is 1. The lowest BCUT2D eigenvalue weighted by Crippen LogP contribution is -2.52. The van der Waals surface area contributed by atoms with Crippen LogP contribution < -0.4 is 19.7 Å². The number of rotatable bonds is 9. The number of fused-ring (bicyclic) bond motifs is 3. The third kappa shape index (κ3) is 7.22. The highest BCUT2D eigenvalue weighted by Crippen LogP contribution is 2.60. The van der Waals surface area contributed by atoms with Crippen molar-refractivity contribution in [3.8, 4) is 5.75 Å². The molecule has 58 heavy (non-hydrogen) atoms. The Hall–Kier alpha value is -4.29. The molecule has 3 amide bonds. The molecule has 4 aromatic carbocycles. The van der Waals surface area contributed by atoms with Gasteiger partial charge in [0.1, 0.15) is 5.75 Å². The molecule has 5 atom stereocenters. The summed E-state index contributed by atoms with van der Waals surface area (Å²) in [5.41, 5.74) is 4.14. The SMILES string of the molecule is COc1ccc([Si](C)(C)[C@@H]2[C@@H](CC(=O)N3Cc4ccccc4C[C@H]3CO)O[C@]3(C(=O)N(Cc4cccc(N5CCCCCCC5=O)c4)c4ccc(Br)cc43)[C@H]2C)cc1. The van der Waals surface area contributed by atoms with Gasteiger partial charge in [-0.25, -0.2) is 0 Å². The van der Waals surface area contributed by atoms with Crippen LogP contribution in [-0.4, -0.2) is 68.2 Å². The predicted molar refractivity (Wildman–Crippen MR) is 233 cm³/mol. The maximum absolute atomic E-state index is 15.5. The van der Waals surface area contributed by atoms with Crippen molar-refractivity contribution in [1.82, 2.24) is 4.90 Å². The third-order valence-electron chi connectivity index (χ3n) is 13.4. The Labute approximate surface area is 351 Å². The largest absolute Gasteiger partial charge is 0.497 e. The molecule has 11 heteroatoms. The number of ether oxygens (including phenoxy) is 2. The van der Waals surface area contributed by atoms with Crippen molar-refractivity contribution >= 4 is 58.3 Å². The first kappa shape index (κ1) is 40.5. The standard InChI is InChI=1S/C47H54BrN3O6Si/c1-31-45(58(3,4)39-20-18-38(56-2)19-21-39)42(27-44(54)50-29-34-14-9-8-13-33(34)25-37(50)30-52)57-47(31)40-26-35(48)17-22-41(40)51(46(47)55)28-32-12-11-15-36(24-32)49-23-10-6-5-7-16-43(49)53/h8-9,11-15,17-22,24,26,31,37,42,45,52H,5-7,10,16,23,25,27-30H2,1-4H3/t31-,37-,42+,45-,47+/m0/s1. The van der Waals surface area contributed by atoms with E-state index in [-0.39, 0.29) is 48.3 Å². The molecule has 0 aromatic heterocycles. The molecule has 4 aromatic rings. The third-order valence-corrected chi connectivity index (χ3v) is 18.3. The van der Waals surface area contributed by atoms with Crippen molar-refractivity contribution in [1.29, 1.82) is 0 Å². The molecule has 2 fully saturated rings. The van der Waals surface area contributed by atoms with Gasteiger partial charge in [-0.3, -0.25) is 14.4 Å². The highest BCUT2D eigenvalue weighted by molar-refractivity contribution is 9.10. The minimum Gasteiger partial charge on any atom is -0.497 e. The van der Waals surface area contributed by atoms with Gasteiger partial charge in [0.15, 0.2) is 5.60 Å². The molecule has 4 aliphatic rings. The van der Waals surface area contributed by atoms with E-state index in [2.05, 4.69) is 60.2 Å². The van der Waals surface area contributed by atoms with Gasteiger partial charge < -0.3 is 29.3 Å². The molecule has 1 spiro atoms. The predicted octanol–water partition coefficient (Wildman–Crippen LogP) is 7.85. The highest BCUT2D eigenvalue weighted by atomic mass is 79.9. The smallest absolute Gasteiger partial charge is 0.264 e. The van der Waals surface area contributed by atoms with E-state index < -0.39 is 19.8 Å². The lowest BCUT2D eigenvalue weighted by molar-refractivity contribution is -0.151. The van der Waals surface area contributed by atoms with Crippen molar-refractivity contribution in [2.24, 2.45) is 5.92 Å². The van der Waals surface area contributed by atoms with Crippen LogP contribution in [0.25, 0.3) is 0 Å². The Morgan fingerprint density at radius 3 is 2.47 bits per heavy atom. The van der Waals surface area contributed by atoms with E-state index in [1.54, 1.807) is 7.11 Å². The van der Waals surface area contributed by atoms with E-state index in [4.69, 9.17) is 9.47 Å². The van der Waals surface area contributed by atoms with Crippen molar-refractivity contribution in [3.63, 3.8) is 0 Å². The molecule has 8 rings (SSSR count). The number of hydrogen-bond acceptors (Lipinski definition) is 6. The maximum Gasteiger partial charge on any atom is 0.264 e. The quantitative estimate of drug-likeness (QED) is 0.172. The lowest BCUT2D eigenvalue weighted by atomic mass is 9.82. The number of halogens is 1. The summed E-state index contributed by atoms with van der Waals surface area (Å²) in [7, 11) is -0.863. The molecular formula is C47H54BrN3O6Si. The zero-order chi connectivity index (χ0) is 40.8. The van der Waals surface area contributed by atoms with Gasteiger partial charge in [-0.1, -0.05) is 103 Å². The van der Waals surface area contributed by atoms with E-state index in [1.165, 1.54) is 5.19 Å². The number of carbonyl (C=O) groups is 3. The fourth-order valence-electron chi connectivity index (χ4n) is 10.4. The fourth-order valence-corrected chi connectivity index (χ4v) is 14.8. The van der Waals surface area contributed by atoms with Crippen molar-refractivity contribution in [2.75, 3.05) is 30.1 Å². The van der Waals surface area contributed by atoms with Gasteiger partial charge in [-0.05, 0) is 84.0 Å². The lowest BCUT2D eigenvalue weighted by Gasteiger charge is -2.39. The van der Waals surface area contributed by atoms with Gasteiger partial charge in [-0.2, -0.15) is 0 Å². The van der Waals surface area contributed by atoms with E-state index in [9.17, 15) is 14.7 Å². The summed E-state index contributed by atoms with van der Waals surface area (Å²) in [6.45, 7) is 8.06. The molecule has 9 nitrogen and oxygen atoms in total. The Bertz CT molecular complexity index is 2200. The topological polar surface area (TPSA) is 99.6 Å². The number of methoxy groups -OCH3 is 1. The molecule has 0 radical (unpaired) electrons. The number of aliphatic hydroxyl groups is 1. The van der Waals surface area contributed by atoms with Gasteiger partial charge >= 0.3 is 0 Å². The zero-order valence-electron chi connectivity index (χ0n) is 34.0. The number of amides is 3. The minimum absolute atomic E-state index is 0.0836. The summed E-state index contributed by atoms with van der Waals surface area (Å²) in [5.74, 6) is 0.402. The molecule has 4 aliphatic heterocycles. The summed E-state index contributed by atoms with van der Waals surface area (Å²) < 4.78 is 13.7. The number of aliphatic hydroxyl groups excluding tert-OH is 1. The number of carbonyl (C=O) groups excluding carboxylic acids is 3. The summed E-state index contributed by atoms with van der Waals surface area (Å²) in [6, 6.07) is 30.0. The van der Waals surface area contributed by atoms with Crippen LogP contribution in [0.2, 0.25) is 18.6 Å². The van der Waals surface area contributed by atoms with Crippen molar-refractivity contribution in [2.45, 2.75) is 101 Å². The number of nitrogens with zero attached hydrogens (tertiary/aromatic N) is 3. The molecule has 1 N–H and O–H groups in total. The first-order valence-electron chi connectivity index (χ1n) is 20.8. The van der Waals surface area contributed by atoms with Crippen molar-refractivity contribution in [3.05, 3.63) is 118 Å². The molecule has 0 aliphatic carbocycles. The van der Waals surface area contributed by atoms with Crippen LogP contribution >= 0.6 is 15.9 Å².